The van der Waals surface area contributed by atoms with Crippen molar-refractivity contribution in [2.75, 3.05) is 31.9 Å². The molecule has 0 spiro atoms. The monoisotopic (exact) mass is 479 g/mol. The first-order valence-corrected chi connectivity index (χ1v) is 11.9. The number of thiophene rings is 1. The first-order valence-electron chi connectivity index (χ1n) is 9.20. The molecule has 3 aromatic rings. The quantitative estimate of drug-likeness (QED) is 0.354. The second-order valence-corrected chi connectivity index (χ2v) is 9.35. The molecule has 0 bridgehead atoms. The summed E-state index contributed by atoms with van der Waals surface area (Å²) in [4.78, 5) is 25.2. The molecule has 0 aliphatic heterocycles. The van der Waals surface area contributed by atoms with Gasteiger partial charge in [0.1, 0.15) is 15.6 Å². The van der Waals surface area contributed by atoms with Crippen molar-refractivity contribution in [3.63, 3.8) is 0 Å². The lowest BCUT2D eigenvalue weighted by atomic mass is 10.0. The Hall–Kier alpha value is -2.63. The van der Waals surface area contributed by atoms with Crippen LogP contribution in [0, 0.1) is 6.92 Å². The molecule has 31 heavy (non-hydrogen) atoms. The highest BCUT2D eigenvalue weighted by atomic mass is 32.2. The van der Waals surface area contributed by atoms with Gasteiger partial charge in [0, 0.05) is 10.9 Å². The van der Waals surface area contributed by atoms with E-state index in [1.54, 1.807) is 33.3 Å². The lowest BCUT2D eigenvalue weighted by molar-refractivity contribution is -0.113. The van der Waals surface area contributed by atoms with E-state index in [1.807, 2.05) is 18.4 Å². The van der Waals surface area contributed by atoms with Gasteiger partial charge in [0.2, 0.25) is 5.91 Å². The minimum absolute atomic E-state index is 0.153. The number of amides is 1. The molecule has 0 saturated carbocycles. The Morgan fingerprint density at radius 2 is 1.94 bits per heavy atom. The molecule has 0 fully saturated rings. The molecule has 3 rings (SSSR count). The molecule has 1 amide bonds. The van der Waals surface area contributed by atoms with Gasteiger partial charge >= 0.3 is 5.97 Å². The zero-order valence-electron chi connectivity index (χ0n) is 17.4. The molecule has 2 aromatic heterocycles. The van der Waals surface area contributed by atoms with E-state index < -0.39 is 5.97 Å². The summed E-state index contributed by atoms with van der Waals surface area (Å²) in [5.74, 6) is 0.521. The van der Waals surface area contributed by atoms with Gasteiger partial charge in [-0.25, -0.2) is 4.79 Å². The first kappa shape index (κ1) is 23.0. The van der Waals surface area contributed by atoms with Gasteiger partial charge in [-0.2, -0.15) is 0 Å². The van der Waals surface area contributed by atoms with Crippen LogP contribution in [0.3, 0.4) is 0 Å². The number of aryl methyl sites for hydroxylation is 1. The number of carbonyl (C=O) groups excluding carboxylic acids is 2. The highest BCUT2D eigenvalue weighted by Crippen LogP contribution is 2.39. The third kappa shape index (κ3) is 5.54. The molecular weight excluding hydrogens is 458 g/mol. The maximum Gasteiger partial charge on any atom is 0.341 e. The number of carbonyl (C=O) groups is 2. The lowest BCUT2D eigenvalue weighted by Crippen LogP contribution is -2.16. The average Bonchev–Trinajstić information content (AvgIpc) is 3.37. The standard InChI is InChI=1S/C20H21N3O5S3/c1-5-28-19(25)17-13(12-6-7-14(26-3)15(8-12)27-4)9-29-18(17)21-16(24)10-30-20-23-22-11(2)31-20/h6-9H,5,10H2,1-4H3,(H,21,24). The second-order valence-electron chi connectivity index (χ2n) is 6.07. The van der Waals surface area contributed by atoms with Gasteiger partial charge in [0.25, 0.3) is 0 Å². The van der Waals surface area contributed by atoms with Gasteiger partial charge in [-0.3, -0.25) is 4.79 Å². The largest absolute Gasteiger partial charge is 0.493 e. The number of benzene rings is 1. The molecule has 0 aliphatic carbocycles. The minimum Gasteiger partial charge on any atom is -0.493 e. The Bertz CT molecular complexity index is 1080. The lowest BCUT2D eigenvalue weighted by Gasteiger charge is -2.11. The SMILES string of the molecule is CCOC(=O)c1c(-c2ccc(OC)c(OC)c2)csc1NC(=O)CSc1nnc(C)s1. The number of ether oxygens (including phenoxy) is 3. The van der Waals surface area contributed by atoms with Crippen molar-refractivity contribution in [2.45, 2.75) is 18.2 Å². The van der Waals surface area contributed by atoms with Crippen LogP contribution in [0.1, 0.15) is 22.3 Å². The number of hydrogen-bond donors (Lipinski definition) is 1. The Morgan fingerprint density at radius 3 is 2.58 bits per heavy atom. The number of rotatable bonds is 9. The summed E-state index contributed by atoms with van der Waals surface area (Å²) in [5.41, 5.74) is 1.70. The number of anilines is 1. The second kappa shape index (κ2) is 10.6. The molecule has 0 saturated heterocycles. The molecule has 2 heterocycles. The fourth-order valence-electron chi connectivity index (χ4n) is 2.70. The maximum absolute atomic E-state index is 12.7. The topological polar surface area (TPSA) is 99.6 Å². The fourth-order valence-corrected chi connectivity index (χ4v) is 5.29. The number of nitrogens with one attached hydrogen (secondary N) is 1. The molecule has 164 valence electrons. The van der Waals surface area contributed by atoms with Gasteiger partial charge in [-0.15, -0.1) is 21.5 Å². The van der Waals surface area contributed by atoms with Crippen LogP contribution in [-0.2, 0) is 9.53 Å². The highest BCUT2D eigenvalue weighted by molar-refractivity contribution is 8.01. The number of hydrogen-bond acceptors (Lipinski definition) is 10. The van der Waals surface area contributed by atoms with Crippen LogP contribution >= 0.6 is 34.4 Å². The summed E-state index contributed by atoms with van der Waals surface area (Å²) in [7, 11) is 3.10. The van der Waals surface area contributed by atoms with Gasteiger partial charge in [0.15, 0.2) is 15.8 Å². The predicted molar refractivity (Wildman–Crippen MR) is 123 cm³/mol. The normalized spacial score (nSPS) is 10.6. The number of nitrogens with zero attached hydrogens (tertiary/aromatic N) is 2. The van der Waals surface area contributed by atoms with E-state index in [-0.39, 0.29) is 18.3 Å². The molecule has 1 N–H and O–H groups in total. The van der Waals surface area contributed by atoms with Gasteiger partial charge in [-0.05, 0) is 31.5 Å². The van der Waals surface area contributed by atoms with Crippen molar-refractivity contribution in [3.8, 4) is 22.6 Å². The molecule has 0 unspecified atom stereocenters. The Kier molecular flexibility index (Phi) is 7.88. The van der Waals surface area contributed by atoms with Gasteiger partial charge < -0.3 is 19.5 Å². The molecular formula is C20H21N3O5S3. The van der Waals surface area contributed by atoms with Crippen molar-refractivity contribution in [1.82, 2.24) is 10.2 Å². The van der Waals surface area contributed by atoms with E-state index >= 15 is 0 Å². The van der Waals surface area contributed by atoms with Crippen molar-refractivity contribution in [3.05, 3.63) is 34.2 Å². The summed E-state index contributed by atoms with van der Waals surface area (Å²) in [6.07, 6.45) is 0. The molecule has 0 aliphatic rings. The number of aromatic nitrogens is 2. The van der Waals surface area contributed by atoms with Crippen molar-refractivity contribution < 1.29 is 23.8 Å². The third-order valence-corrected chi connectivity index (χ3v) is 6.92. The summed E-state index contributed by atoms with van der Waals surface area (Å²) in [5, 5.41) is 13.8. The highest BCUT2D eigenvalue weighted by Gasteiger charge is 2.23. The maximum atomic E-state index is 12.7. The summed E-state index contributed by atoms with van der Waals surface area (Å²) < 4.78 is 16.6. The molecule has 0 atom stereocenters. The van der Waals surface area contributed by atoms with Crippen LogP contribution in [0.15, 0.2) is 27.9 Å². The van der Waals surface area contributed by atoms with Crippen LogP contribution < -0.4 is 14.8 Å². The van der Waals surface area contributed by atoms with Gasteiger partial charge in [-0.1, -0.05) is 29.2 Å². The van der Waals surface area contributed by atoms with E-state index in [2.05, 4.69) is 15.5 Å². The Labute approximate surface area is 191 Å². The molecule has 0 radical (unpaired) electrons. The number of esters is 1. The fraction of sp³-hybridized carbons (Fsp3) is 0.300. The third-order valence-electron chi connectivity index (χ3n) is 4.05. The Balaban J connectivity index is 1.86. The summed E-state index contributed by atoms with van der Waals surface area (Å²) in [6, 6.07) is 5.37. The van der Waals surface area contributed by atoms with Crippen LogP contribution in [0.2, 0.25) is 0 Å². The number of methoxy groups -OCH3 is 2. The predicted octanol–water partition coefficient (Wildman–Crippen LogP) is 4.50. The van der Waals surface area contributed by atoms with E-state index in [4.69, 9.17) is 14.2 Å². The summed E-state index contributed by atoms with van der Waals surface area (Å²) >= 11 is 3.99. The van der Waals surface area contributed by atoms with Crippen LogP contribution in [0.4, 0.5) is 5.00 Å². The smallest absolute Gasteiger partial charge is 0.341 e. The number of thioether (sulfide) groups is 1. The molecule has 8 nitrogen and oxygen atoms in total. The molecule has 11 heteroatoms. The van der Waals surface area contributed by atoms with Crippen LogP contribution in [0.25, 0.3) is 11.1 Å². The van der Waals surface area contributed by atoms with Crippen molar-refractivity contribution in [1.29, 1.82) is 0 Å². The van der Waals surface area contributed by atoms with E-state index in [1.165, 1.54) is 34.4 Å². The van der Waals surface area contributed by atoms with Crippen molar-refractivity contribution >= 4 is 51.3 Å². The first-order chi connectivity index (χ1) is 15.0. The van der Waals surface area contributed by atoms with E-state index in [0.29, 0.717) is 27.6 Å². The van der Waals surface area contributed by atoms with Gasteiger partial charge in [0.05, 0.1) is 26.6 Å². The van der Waals surface area contributed by atoms with E-state index in [9.17, 15) is 9.59 Å². The zero-order valence-corrected chi connectivity index (χ0v) is 19.8. The van der Waals surface area contributed by atoms with Crippen LogP contribution in [-0.4, -0.2) is 48.7 Å². The summed E-state index contributed by atoms with van der Waals surface area (Å²) in [6.45, 7) is 3.81. The van der Waals surface area contributed by atoms with Crippen molar-refractivity contribution in [2.24, 2.45) is 0 Å². The van der Waals surface area contributed by atoms with E-state index in [0.717, 1.165) is 14.9 Å². The minimum atomic E-state index is -0.503. The average molecular weight is 480 g/mol. The Morgan fingerprint density at radius 1 is 1.16 bits per heavy atom. The molecule has 1 aromatic carbocycles. The van der Waals surface area contributed by atoms with Crippen LogP contribution in [0.5, 0.6) is 11.5 Å². The zero-order chi connectivity index (χ0) is 22.4.